The summed E-state index contributed by atoms with van der Waals surface area (Å²) in [6, 6.07) is 0.735. The molecule has 2 fully saturated rings. The van der Waals surface area contributed by atoms with Gasteiger partial charge in [-0.2, -0.15) is 0 Å². The number of likely N-dealkylation sites (N-methyl/N-ethyl adjacent to an activating group) is 1. The first-order chi connectivity index (χ1) is 10.3. The molecule has 0 aromatic carbocycles. The van der Waals surface area contributed by atoms with Crippen molar-refractivity contribution in [3.63, 3.8) is 0 Å². The van der Waals surface area contributed by atoms with Crippen LogP contribution in [-0.4, -0.2) is 55.8 Å². The lowest BCUT2D eigenvalue weighted by atomic mass is 10.3. The molecule has 5 nitrogen and oxygen atoms in total. The van der Waals surface area contributed by atoms with E-state index < -0.39 is 0 Å². The Balaban J connectivity index is 1.65. The molecule has 1 N–H and O–H groups in total. The molecule has 0 atom stereocenters. The Bertz CT molecular complexity index is 453. The van der Waals surface area contributed by atoms with Crippen molar-refractivity contribution in [2.24, 2.45) is 0 Å². The minimum Gasteiger partial charge on any atom is -0.378 e. The number of thiazole rings is 1. The second-order valence-electron chi connectivity index (χ2n) is 5.88. The zero-order valence-electron chi connectivity index (χ0n) is 13.1. The van der Waals surface area contributed by atoms with Crippen molar-refractivity contribution < 1.29 is 4.74 Å². The Labute approximate surface area is 131 Å². The average molecular weight is 310 g/mol. The second kappa shape index (κ2) is 7.05. The predicted molar refractivity (Wildman–Crippen MR) is 87.0 cm³/mol. The molecule has 6 heteroatoms. The predicted octanol–water partition coefficient (Wildman–Crippen LogP) is 1.68. The van der Waals surface area contributed by atoms with Crippen molar-refractivity contribution in [2.75, 3.05) is 44.7 Å². The molecule has 0 amide bonds. The van der Waals surface area contributed by atoms with Gasteiger partial charge in [0.1, 0.15) is 0 Å². The van der Waals surface area contributed by atoms with Gasteiger partial charge in [0.05, 0.1) is 12.3 Å². The molecular weight excluding hydrogens is 284 g/mol. The monoisotopic (exact) mass is 310 g/mol. The maximum Gasteiger partial charge on any atom is 0.186 e. The topological polar surface area (TPSA) is 40.6 Å². The van der Waals surface area contributed by atoms with E-state index in [1.807, 2.05) is 11.3 Å². The van der Waals surface area contributed by atoms with Gasteiger partial charge in [-0.05, 0) is 19.4 Å². The number of piperazine rings is 1. The fraction of sp³-hybridized carbons (Fsp3) is 0.800. The number of anilines is 1. The van der Waals surface area contributed by atoms with Gasteiger partial charge in [-0.25, -0.2) is 4.98 Å². The van der Waals surface area contributed by atoms with E-state index in [4.69, 9.17) is 9.72 Å². The molecule has 3 rings (SSSR count). The summed E-state index contributed by atoms with van der Waals surface area (Å²) in [6.45, 7) is 9.40. The summed E-state index contributed by atoms with van der Waals surface area (Å²) in [6.07, 6.45) is 2.65. The Morgan fingerprint density at radius 2 is 2.05 bits per heavy atom. The van der Waals surface area contributed by atoms with Gasteiger partial charge in [0.2, 0.25) is 0 Å². The van der Waals surface area contributed by atoms with E-state index in [1.165, 1.54) is 22.9 Å². The third-order valence-corrected chi connectivity index (χ3v) is 5.43. The first-order valence-electron chi connectivity index (χ1n) is 7.98. The maximum absolute atomic E-state index is 5.32. The molecule has 1 aliphatic carbocycles. The molecule has 0 bridgehead atoms. The van der Waals surface area contributed by atoms with Gasteiger partial charge in [0, 0.05) is 50.8 Å². The van der Waals surface area contributed by atoms with Crippen LogP contribution in [0.2, 0.25) is 0 Å². The van der Waals surface area contributed by atoms with Crippen LogP contribution < -0.4 is 10.2 Å². The molecule has 0 radical (unpaired) electrons. The number of rotatable bonds is 7. The van der Waals surface area contributed by atoms with Crippen LogP contribution in [0.4, 0.5) is 5.13 Å². The van der Waals surface area contributed by atoms with Gasteiger partial charge in [0.15, 0.2) is 5.13 Å². The highest BCUT2D eigenvalue weighted by Crippen LogP contribution is 2.29. The molecule has 1 aromatic heterocycles. The van der Waals surface area contributed by atoms with Crippen molar-refractivity contribution in [1.29, 1.82) is 0 Å². The fourth-order valence-electron chi connectivity index (χ4n) is 2.67. The van der Waals surface area contributed by atoms with Gasteiger partial charge in [0.25, 0.3) is 0 Å². The molecule has 21 heavy (non-hydrogen) atoms. The summed E-state index contributed by atoms with van der Waals surface area (Å²) in [4.78, 5) is 11.1. The number of nitrogens with zero attached hydrogens (tertiary/aromatic N) is 3. The molecule has 0 spiro atoms. The standard InChI is InChI=1S/C15H26N4OS/c1-3-18-6-8-19(9-7-18)15-17-13(11-20-2)14(21-15)10-16-12-4-5-12/h12,16H,3-11H2,1-2H3. The number of methoxy groups -OCH3 is 1. The van der Waals surface area contributed by atoms with E-state index in [0.29, 0.717) is 6.61 Å². The number of aromatic nitrogens is 1. The molecule has 1 saturated carbocycles. The van der Waals surface area contributed by atoms with Crippen LogP contribution in [0.5, 0.6) is 0 Å². The molecule has 1 aromatic rings. The number of hydrogen-bond donors (Lipinski definition) is 1. The van der Waals surface area contributed by atoms with E-state index >= 15 is 0 Å². The molecule has 2 heterocycles. The van der Waals surface area contributed by atoms with E-state index in [1.54, 1.807) is 7.11 Å². The van der Waals surface area contributed by atoms with Crippen LogP contribution in [0.3, 0.4) is 0 Å². The number of hydrogen-bond acceptors (Lipinski definition) is 6. The largest absolute Gasteiger partial charge is 0.378 e. The summed E-state index contributed by atoms with van der Waals surface area (Å²) < 4.78 is 5.32. The van der Waals surface area contributed by atoms with Gasteiger partial charge in [-0.3, -0.25) is 0 Å². The average Bonchev–Trinajstić information content (AvgIpc) is 3.27. The van der Waals surface area contributed by atoms with Crippen LogP contribution >= 0.6 is 11.3 Å². The molecular formula is C15H26N4OS. The summed E-state index contributed by atoms with van der Waals surface area (Å²) in [7, 11) is 1.75. The van der Waals surface area contributed by atoms with Gasteiger partial charge < -0.3 is 19.9 Å². The van der Waals surface area contributed by atoms with Crippen LogP contribution in [0.15, 0.2) is 0 Å². The van der Waals surface area contributed by atoms with Crippen molar-refractivity contribution in [1.82, 2.24) is 15.2 Å². The second-order valence-corrected chi connectivity index (χ2v) is 6.94. The summed E-state index contributed by atoms with van der Waals surface area (Å²) in [5.41, 5.74) is 1.11. The molecule has 0 unspecified atom stereocenters. The highest BCUT2D eigenvalue weighted by molar-refractivity contribution is 7.15. The smallest absolute Gasteiger partial charge is 0.186 e. The SMILES string of the molecule is CCN1CCN(c2nc(COC)c(CNC3CC3)s2)CC1. The van der Waals surface area contributed by atoms with Gasteiger partial charge >= 0.3 is 0 Å². The van der Waals surface area contributed by atoms with Crippen LogP contribution in [-0.2, 0) is 17.9 Å². The van der Waals surface area contributed by atoms with Crippen molar-refractivity contribution in [3.8, 4) is 0 Å². The lowest BCUT2D eigenvalue weighted by Gasteiger charge is -2.33. The molecule has 1 saturated heterocycles. The van der Waals surface area contributed by atoms with Crippen LogP contribution in [0.25, 0.3) is 0 Å². The Hall–Kier alpha value is -0.690. The van der Waals surface area contributed by atoms with Gasteiger partial charge in [-0.15, -0.1) is 11.3 Å². The maximum atomic E-state index is 5.32. The minimum absolute atomic E-state index is 0.618. The molecule has 2 aliphatic rings. The highest BCUT2D eigenvalue weighted by Gasteiger charge is 2.23. The zero-order chi connectivity index (χ0) is 14.7. The van der Waals surface area contributed by atoms with Crippen molar-refractivity contribution in [3.05, 3.63) is 10.6 Å². The molecule has 1 aliphatic heterocycles. The van der Waals surface area contributed by atoms with E-state index in [-0.39, 0.29) is 0 Å². The van der Waals surface area contributed by atoms with Crippen molar-refractivity contribution >= 4 is 16.5 Å². The van der Waals surface area contributed by atoms with Crippen molar-refractivity contribution in [2.45, 2.75) is 39.0 Å². The highest BCUT2D eigenvalue weighted by atomic mass is 32.1. The quantitative estimate of drug-likeness (QED) is 0.830. The lowest BCUT2D eigenvalue weighted by Crippen LogP contribution is -2.46. The Morgan fingerprint density at radius 3 is 2.67 bits per heavy atom. The minimum atomic E-state index is 0.618. The summed E-state index contributed by atoms with van der Waals surface area (Å²) in [5, 5.41) is 4.76. The fourth-order valence-corrected chi connectivity index (χ4v) is 3.74. The van der Waals surface area contributed by atoms with E-state index in [9.17, 15) is 0 Å². The third-order valence-electron chi connectivity index (χ3n) is 4.27. The number of nitrogens with one attached hydrogen (secondary N) is 1. The van der Waals surface area contributed by atoms with E-state index in [2.05, 4.69) is 22.0 Å². The van der Waals surface area contributed by atoms with Crippen LogP contribution in [0, 0.1) is 0 Å². The summed E-state index contributed by atoms with van der Waals surface area (Å²) in [5.74, 6) is 0. The number of ether oxygens (including phenoxy) is 1. The molecule has 118 valence electrons. The summed E-state index contributed by atoms with van der Waals surface area (Å²) >= 11 is 1.84. The normalized spacial score (nSPS) is 20.2. The Kier molecular flexibility index (Phi) is 5.11. The van der Waals surface area contributed by atoms with E-state index in [0.717, 1.165) is 51.0 Å². The first kappa shape index (κ1) is 15.2. The zero-order valence-corrected chi connectivity index (χ0v) is 13.9. The Morgan fingerprint density at radius 1 is 1.29 bits per heavy atom. The first-order valence-corrected chi connectivity index (χ1v) is 8.80. The third kappa shape index (κ3) is 3.94. The van der Waals surface area contributed by atoms with Gasteiger partial charge in [-0.1, -0.05) is 6.92 Å². The lowest BCUT2D eigenvalue weighted by molar-refractivity contribution is 0.181. The van der Waals surface area contributed by atoms with Crippen LogP contribution in [0.1, 0.15) is 30.3 Å².